The first-order valence-corrected chi connectivity index (χ1v) is 11.2. The summed E-state index contributed by atoms with van der Waals surface area (Å²) < 4.78 is 0. The monoisotopic (exact) mass is 443 g/mol. The highest BCUT2D eigenvalue weighted by Gasteiger charge is 2.33. The van der Waals surface area contributed by atoms with Crippen molar-refractivity contribution >= 4 is 23.2 Å². The number of hydrogen-bond acceptors (Lipinski definition) is 3. The average molecular weight is 444 g/mol. The molecule has 0 bridgehead atoms. The Labute approximate surface area is 194 Å². The Morgan fingerprint density at radius 3 is 2.47 bits per heavy atom. The van der Waals surface area contributed by atoms with Crippen LogP contribution in [0, 0.1) is 18.3 Å². The van der Waals surface area contributed by atoms with Crippen LogP contribution < -0.4 is 4.90 Å². The Balaban J connectivity index is 1.66. The number of rotatable bonds is 4. The van der Waals surface area contributed by atoms with E-state index in [1.165, 1.54) is 0 Å². The molecule has 4 rings (SSSR count). The van der Waals surface area contributed by atoms with E-state index in [-0.39, 0.29) is 17.9 Å². The number of piperazine rings is 1. The number of nitrogens with zero attached hydrogens (tertiary/aromatic N) is 3. The first-order chi connectivity index (χ1) is 15.5. The zero-order valence-corrected chi connectivity index (χ0v) is 19.1. The van der Waals surface area contributed by atoms with Gasteiger partial charge in [-0.3, -0.25) is 4.79 Å². The van der Waals surface area contributed by atoms with E-state index < -0.39 is 0 Å². The van der Waals surface area contributed by atoms with Crippen molar-refractivity contribution in [2.24, 2.45) is 0 Å². The lowest BCUT2D eigenvalue weighted by Crippen LogP contribution is -2.51. The van der Waals surface area contributed by atoms with E-state index >= 15 is 0 Å². The van der Waals surface area contributed by atoms with Crippen molar-refractivity contribution < 1.29 is 4.79 Å². The van der Waals surface area contributed by atoms with Gasteiger partial charge in [-0.1, -0.05) is 60.1 Å². The maximum absolute atomic E-state index is 13.4. The van der Waals surface area contributed by atoms with Gasteiger partial charge in [0.2, 0.25) is 5.91 Å². The van der Waals surface area contributed by atoms with Gasteiger partial charge in [0.05, 0.1) is 23.2 Å². The molecule has 162 valence electrons. The third-order valence-electron chi connectivity index (χ3n) is 6.20. The summed E-state index contributed by atoms with van der Waals surface area (Å²) in [5, 5.41) is 10.4. The summed E-state index contributed by atoms with van der Waals surface area (Å²) in [6.07, 6.45) is 0. The van der Waals surface area contributed by atoms with Crippen LogP contribution in [0.3, 0.4) is 0 Å². The lowest BCUT2D eigenvalue weighted by atomic mass is 9.96. The molecule has 0 N–H and O–H groups in total. The number of hydrogen-bond donors (Lipinski definition) is 0. The van der Waals surface area contributed by atoms with Crippen molar-refractivity contribution in [3.8, 4) is 6.07 Å². The fourth-order valence-electron chi connectivity index (χ4n) is 4.39. The Bertz CT molecular complexity index is 1140. The minimum Gasteiger partial charge on any atom is -0.360 e. The van der Waals surface area contributed by atoms with E-state index in [2.05, 4.69) is 11.0 Å². The highest BCUT2D eigenvalue weighted by Crippen LogP contribution is 2.34. The van der Waals surface area contributed by atoms with E-state index in [1.54, 1.807) is 0 Å². The van der Waals surface area contributed by atoms with Crippen LogP contribution in [0.4, 0.5) is 5.69 Å². The molecule has 0 aromatic heterocycles. The topological polar surface area (TPSA) is 47.3 Å². The summed E-state index contributed by atoms with van der Waals surface area (Å²) in [6.45, 7) is 5.77. The molecular formula is C27H26ClN3O. The Morgan fingerprint density at radius 1 is 1.06 bits per heavy atom. The second-order valence-electron chi connectivity index (χ2n) is 8.31. The SMILES string of the molecule is Cc1ccc(N2CCN(C(=O)[C@@H](C)c3ccccc3)C[C@H]2c2ccc(Cl)cc2)c(C#N)c1. The molecule has 3 aromatic rings. The predicted octanol–water partition coefficient (Wildman–Crippen LogP) is 5.71. The van der Waals surface area contributed by atoms with E-state index in [1.807, 2.05) is 91.5 Å². The van der Waals surface area contributed by atoms with Crippen molar-refractivity contribution in [1.82, 2.24) is 4.90 Å². The molecule has 2 atom stereocenters. The van der Waals surface area contributed by atoms with Gasteiger partial charge in [-0.2, -0.15) is 5.26 Å². The summed E-state index contributed by atoms with van der Waals surface area (Å²) in [4.78, 5) is 17.6. The van der Waals surface area contributed by atoms with E-state index in [4.69, 9.17) is 11.6 Å². The van der Waals surface area contributed by atoms with Crippen molar-refractivity contribution in [1.29, 1.82) is 5.26 Å². The highest BCUT2D eigenvalue weighted by atomic mass is 35.5. The molecule has 3 aromatic carbocycles. The van der Waals surface area contributed by atoms with Gasteiger partial charge >= 0.3 is 0 Å². The van der Waals surface area contributed by atoms with Crippen molar-refractivity contribution in [2.75, 3.05) is 24.5 Å². The lowest BCUT2D eigenvalue weighted by Gasteiger charge is -2.44. The normalized spacial score (nSPS) is 17.0. The van der Waals surface area contributed by atoms with Crippen LogP contribution in [-0.2, 0) is 4.79 Å². The molecule has 1 fully saturated rings. The molecule has 0 saturated carbocycles. The number of carbonyl (C=O) groups excluding carboxylic acids is 1. The maximum atomic E-state index is 13.4. The van der Waals surface area contributed by atoms with Gasteiger partial charge in [-0.15, -0.1) is 0 Å². The summed E-state index contributed by atoms with van der Waals surface area (Å²) in [5.74, 6) is -0.0816. The molecule has 0 unspecified atom stereocenters. The second kappa shape index (κ2) is 9.46. The van der Waals surface area contributed by atoms with Gasteiger partial charge in [0, 0.05) is 24.7 Å². The van der Waals surface area contributed by atoms with Gasteiger partial charge in [-0.05, 0) is 54.8 Å². The third kappa shape index (κ3) is 4.49. The average Bonchev–Trinajstić information content (AvgIpc) is 2.84. The fraction of sp³-hybridized carbons (Fsp3) is 0.259. The molecule has 1 heterocycles. The number of benzene rings is 3. The quantitative estimate of drug-likeness (QED) is 0.518. The first-order valence-electron chi connectivity index (χ1n) is 10.8. The lowest BCUT2D eigenvalue weighted by molar-refractivity contribution is -0.133. The van der Waals surface area contributed by atoms with Crippen LogP contribution in [-0.4, -0.2) is 30.4 Å². The molecule has 5 heteroatoms. The van der Waals surface area contributed by atoms with Gasteiger partial charge in [-0.25, -0.2) is 0 Å². The minimum absolute atomic E-state index is 0.0669. The van der Waals surface area contributed by atoms with E-state index in [0.29, 0.717) is 30.2 Å². The van der Waals surface area contributed by atoms with E-state index in [0.717, 1.165) is 22.4 Å². The van der Waals surface area contributed by atoms with Crippen LogP contribution in [0.2, 0.25) is 5.02 Å². The largest absolute Gasteiger partial charge is 0.360 e. The number of nitriles is 1. The van der Waals surface area contributed by atoms with Gasteiger partial charge in [0.1, 0.15) is 6.07 Å². The van der Waals surface area contributed by atoms with Gasteiger partial charge in [0.25, 0.3) is 0 Å². The van der Waals surface area contributed by atoms with Crippen molar-refractivity contribution in [2.45, 2.75) is 25.8 Å². The Hall–Kier alpha value is -3.29. The maximum Gasteiger partial charge on any atom is 0.229 e. The van der Waals surface area contributed by atoms with Gasteiger partial charge < -0.3 is 9.80 Å². The van der Waals surface area contributed by atoms with E-state index in [9.17, 15) is 10.1 Å². The number of aryl methyl sites for hydroxylation is 1. The summed E-state index contributed by atoms with van der Waals surface area (Å²) in [7, 11) is 0. The minimum atomic E-state index is -0.206. The molecule has 0 radical (unpaired) electrons. The molecule has 1 saturated heterocycles. The summed E-state index contributed by atoms with van der Waals surface area (Å²) in [5.41, 5.74) is 4.71. The molecular weight excluding hydrogens is 418 g/mol. The zero-order valence-electron chi connectivity index (χ0n) is 18.3. The zero-order chi connectivity index (χ0) is 22.7. The number of halogens is 1. The number of anilines is 1. The summed E-state index contributed by atoms with van der Waals surface area (Å²) in [6, 6.07) is 25.9. The Morgan fingerprint density at radius 2 is 1.78 bits per heavy atom. The molecule has 32 heavy (non-hydrogen) atoms. The van der Waals surface area contributed by atoms with Crippen LogP contribution in [0.1, 0.15) is 41.1 Å². The number of amides is 1. The molecule has 0 aliphatic carbocycles. The highest BCUT2D eigenvalue weighted by molar-refractivity contribution is 6.30. The van der Waals surface area contributed by atoms with Crippen molar-refractivity contribution in [3.63, 3.8) is 0 Å². The molecule has 1 aliphatic heterocycles. The Kier molecular flexibility index (Phi) is 6.48. The van der Waals surface area contributed by atoms with Gasteiger partial charge in [0.15, 0.2) is 0 Å². The second-order valence-corrected chi connectivity index (χ2v) is 8.75. The predicted molar refractivity (Wildman–Crippen MR) is 129 cm³/mol. The molecule has 0 spiro atoms. The third-order valence-corrected chi connectivity index (χ3v) is 6.45. The smallest absolute Gasteiger partial charge is 0.229 e. The van der Waals surface area contributed by atoms with Crippen LogP contribution in [0.25, 0.3) is 0 Å². The molecule has 1 amide bonds. The first kappa shape index (κ1) is 21.9. The van der Waals surface area contributed by atoms with Crippen LogP contribution in [0.5, 0.6) is 0 Å². The van der Waals surface area contributed by atoms with Crippen molar-refractivity contribution in [3.05, 3.63) is 100 Å². The number of carbonyl (C=O) groups is 1. The fourth-order valence-corrected chi connectivity index (χ4v) is 4.52. The van der Waals surface area contributed by atoms with Crippen LogP contribution >= 0.6 is 11.6 Å². The summed E-state index contributed by atoms with van der Waals surface area (Å²) >= 11 is 6.14. The molecule has 1 aliphatic rings. The van der Waals surface area contributed by atoms with Crippen LogP contribution in [0.15, 0.2) is 72.8 Å². The molecule has 4 nitrogen and oxygen atoms in total. The standard InChI is InChI=1S/C27H26ClN3O/c1-19-8-13-25(23(16-19)17-29)31-15-14-30(18-26(31)22-9-11-24(28)12-10-22)27(32)20(2)21-6-4-3-5-7-21/h3-13,16,20,26H,14-15,18H2,1-2H3/t20-,26-/m0/s1.